The van der Waals surface area contributed by atoms with Crippen molar-refractivity contribution in [2.45, 2.75) is 45.8 Å². The van der Waals surface area contributed by atoms with Crippen molar-refractivity contribution in [1.82, 2.24) is 0 Å². The van der Waals surface area contributed by atoms with Crippen LogP contribution in [0.2, 0.25) is 0 Å². The van der Waals surface area contributed by atoms with Crippen LogP contribution in [0.15, 0.2) is 49.1 Å². The number of nitrogens with two attached hydrogens (primary N) is 1. The molecule has 2 aromatic rings. The van der Waals surface area contributed by atoms with E-state index in [2.05, 4.69) is 79.0 Å². The van der Waals surface area contributed by atoms with Gasteiger partial charge in [0, 0.05) is 30.8 Å². The largest absolute Gasteiger partial charge is 0.326 e. The maximum atomic E-state index is 5.60. The van der Waals surface area contributed by atoms with E-state index >= 15 is 0 Å². The van der Waals surface area contributed by atoms with E-state index in [-0.39, 0.29) is 5.41 Å². The molecule has 0 aliphatic rings. The van der Waals surface area contributed by atoms with E-state index in [1.165, 1.54) is 11.1 Å². The van der Waals surface area contributed by atoms with Crippen molar-refractivity contribution in [3.63, 3.8) is 0 Å². The predicted molar refractivity (Wildman–Crippen MR) is 79.9 cm³/mol. The molecule has 106 valence electrons. The lowest BCUT2D eigenvalue weighted by atomic mass is 9.88. The van der Waals surface area contributed by atoms with Crippen molar-refractivity contribution in [3.8, 4) is 0 Å². The Morgan fingerprint density at radius 2 is 1.30 bits per heavy atom. The summed E-state index contributed by atoms with van der Waals surface area (Å²) >= 11 is 0. The molecule has 0 aliphatic carbocycles. The van der Waals surface area contributed by atoms with Gasteiger partial charge in [-0.3, -0.25) is 0 Å². The molecular formula is C17H25N3+2. The van der Waals surface area contributed by atoms with E-state index in [4.69, 9.17) is 5.73 Å². The highest BCUT2D eigenvalue weighted by Crippen LogP contribution is 2.20. The molecule has 0 aromatic carbocycles. The highest BCUT2D eigenvalue weighted by Gasteiger charge is 2.15. The Morgan fingerprint density at radius 1 is 0.850 bits per heavy atom. The van der Waals surface area contributed by atoms with E-state index in [1.807, 2.05) is 0 Å². The van der Waals surface area contributed by atoms with E-state index in [1.54, 1.807) is 0 Å². The number of aryl methyl sites for hydroxylation is 2. The Hall–Kier alpha value is -1.74. The van der Waals surface area contributed by atoms with Crippen LogP contribution in [-0.2, 0) is 25.0 Å². The van der Waals surface area contributed by atoms with Gasteiger partial charge in [-0.15, -0.1) is 0 Å². The van der Waals surface area contributed by atoms with Crippen LogP contribution < -0.4 is 14.9 Å². The quantitative estimate of drug-likeness (QED) is 0.844. The number of hydrogen-bond donors (Lipinski definition) is 1. The highest BCUT2D eigenvalue weighted by molar-refractivity contribution is 5.17. The molecule has 0 amide bonds. The van der Waals surface area contributed by atoms with Crippen LogP contribution >= 0.6 is 0 Å². The van der Waals surface area contributed by atoms with Gasteiger partial charge in [-0.25, -0.2) is 0 Å². The first-order valence-corrected chi connectivity index (χ1v) is 7.17. The van der Waals surface area contributed by atoms with Gasteiger partial charge in [0.15, 0.2) is 24.8 Å². The Balaban J connectivity index is 1.96. The molecule has 2 aromatic heterocycles. The maximum Gasteiger partial charge on any atom is 0.206 e. The summed E-state index contributed by atoms with van der Waals surface area (Å²) in [4.78, 5) is 0. The number of nitrogens with zero attached hydrogens (tertiary/aromatic N) is 2. The second-order valence-electron chi connectivity index (χ2n) is 6.22. The van der Waals surface area contributed by atoms with Crippen LogP contribution in [0.1, 0.15) is 31.9 Å². The normalized spacial score (nSPS) is 11.6. The molecule has 0 unspecified atom stereocenters. The molecule has 0 spiro atoms. The van der Waals surface area contributed by atoms with Gasteiger partial charge in [-0.05, 0) is 16.5 Å². The van der Waals surface area contributed by atoms with Gasteiger partial charge in [0.1, 0.15) is 0 Å². The molecule has 0 radical (unpaired) electrons. The van der Waals surface area contributed by atoms with E-state index in [9.17, 15) is 0 Å². The summed E-state index contributed by atoms with van der Waals surface area (Å²) in [5.74, 6) is 0. The zero-order chi connectivity index (χ0) is 14.6. The molecular weight excluding hydrogens is 246 g/mol. The fraction of sp³-hybridized carbons (Fsp3) is 0.412. The standard InChI is InChI=1S/C17H25N3/c1-17(2,3)16-6-10-20(11-7-16)13-12-19-8-4-15(14-18)5-9-19/h4-11H,12-14,18H2,1-3H3/q+2. The average Bonchev–Trinajstić information content (AvgIpc) is 2.45. The second kappa shape index (κ2) is 6.14. The lowest BCUT2D eigenvalue weighted by Gasteiger charge is -2.17. The van der Waals surface area contributed by atoms with Gasteiger partial charge in [-0.2, -0.15) is 9.13 Å². The smallest absolute Gasteiger partial charge is 0.206 e. The van der Waals surface area contributed by atoms with Gasteiger partial charge < -0.3 is 5.73 Å². The maximum absolute atomic E-state index is 5.60. The molecule has 20 heavy (non-hydrogen) atoms. The minimum absolute atomic E-state index is 0.214. The molecule has 2 N–H and O–H groups in total. The first-order chi connectivity index (χ1) is 9.49. The van der Waals surface area contributed by atoms with Crippen LogP contribution in [0, 0.1) is 0 Å². The van der Waals surface area contributed by atoms with Crippen LogP contribution in [-0.4, -0.2) is 0 Å². The first-order valence-electron chi connectivity index (χ1n) is 7.17. The summed E-state index contributed by atoms with van der Waals surface area (Å²) in [6.07, 6.45) is 8.50. The third kappa shape index (κ3) is 3.87. The van der Waals surface area contributed by atoms with Crippen molar-refractivity contribution in [1.29, 1.82) is 0 Å². The fourth-order valence-electron chi connectivity index (χ4n) is 2.11. The Labute approximate surface area is 121 Å². The van der Waals surface area contributed by atoms with Gasteiger partial charge in [-0.1, -0.05) is 20.8 Å². The van der Waals surface area contributed by atoms with Gasteiger partial charge >= 0.3 is 0 Å². The minimum Gasteiger partial charge on any atom is -0.326 e. The van der Waals surface area contributed by atoms with Crippen LogP contribution in [0.4, 0.5) is 0 Å². The van der Waals surface area contributed by atoms with Crippen LogP contribution in [0.5, 0.6) is 0 Å². The molecule has 0 atom stereocenters. The van der Waals surface area contributed by atoms with Crippen molar-refractivity contribution < 1.29 is 9.13 Å². The van der Waals surface area contributed by atoms with Crippen molar-refractivity contribution in [2.24, 2.45) is 5.73 Å². The lowest BCUT2D eigenvalue weighted by Crippen LogP contribution is -2.44. The predicted octanol–water partition coefficient (Wildman–Crippen LogP) is 1.72. The molecule has 2 heterocycles. The number of aromatic nitrogens is 2. The SMILES string of the molecule is CC(C)(C)c1cc[n+](CC[n+]2ccc(CN)cc2)cc1. The van der Waals surface area contributed by atoms with Crippen LogP contribution in [0.25, 0.3) is 0 Å². The fourth-order valence-corrected chi connectivity index (χ4v) is 2.11. The lowest BCUT2D eigenvalue weighted by molar-refractivity contribution is -0.778. The number of pyridine rings is 2. The van der Waals surface area contributed by atoms with Gasteiger partial charge in [0.2, 0.25) is 13.1 Å². The third-order valence-electron chi connectivity index (χ3n) is 3.57. The first kappa shape index (κ1) is 14.7. The van der Waals surface area contributed by atoms with Crippen molar-refractivity contribution >= 4 is 0 Å². The minimum atomic E-state index is 0.214. The summed E-state index contributed by atoms with van der Waals surface area (Å²) in [5, 5.41) is 0. The summed E-state index contributed by atoms with van der Waals surface area (Å²) in [7, 11) is 0. The molecule has 0 fully saturated rings. The zero-order valence-corrected chi connectivity index (χ0v) is 12.7. The van der Waals surface area contributed by atoms with E-state index < -0.39 is 0 Å². The van der Waals surface area contributed by atoms with E-state index in [0.717, 1.165) is 13.1 Å². The van der Waals surface area contributed by atoms with Crippen molar-refractivity contribution in [2.75, 3.05) is 0 Å². The molecule has 3 heteroatoms. The second-order valence-corrected chi connectivity index (χ2v) is 6.22. The van der Waals surface area contributed by atoms with Crippen LogP contribution in [0.3, 0.4) is 0 Å². The topological polar surface area (TPSA) is 33.8 Å². The average molecular weight is 271 g/mol. The third-order valence-corrected chi connectivity index (χ3v) is 3.57. The summed E-state index contributed by atoms with van der Waals surface area (Å²) in [5.41, 5.74) is 8.35. The van der Waals surface area contributed by atoms with Crippen molar-refractivity contribution in [3.05, 3.63) is 60.2 Å². The zero-order valence-electron chi connectivity index (χ0n) is 12.7. The Morgan fingerprint density at radius 3 is 1.70 bits per heavy atom. The van der Waals surface area contributed by atoms with Gasteiger partial charge in [0.25, 0.3) is 0 Å². The van der Waals surface area contributed by atoms with E-state index in [0.29, 0.717) is 6.54 Å². The Bertz CT molecular complexity index is 536. The van der Waals surface area contributed by atoms with Gasteiger partial charge in [0.05, 0.1) is 0 Å². The Kier molecular flexibility index (Phi) is 4.50. The molecule has 0 bridgehead atoms. The highest BCUT2D eigenvalue weighted by atomic mass is 15.0. The summed E-state index contributed by atoms with van der Waals surface area (Å²) in [6, 6.07) is 8.57. The molecule has 0 saturated carbocycles. The molecule has 3 nitrogen and oxygen atoms in total. The number of rotatable bonds is 4. The molecule has 2 rings (SSSR count). The molecule has 0 aliphatic heterocycles. The summed E-state index contributed by atoms with van der Waals surface area (Å²) in [6.45, 7) is 9.25. The molecule has 0 saturated heterocycles. The monoisotopic (exact) mass is 271 g/mol. The summed E-state index contributed by atoms with van der Waals surface area (Å²) < 4.78 is 4.41. The number of hydrogen-bond acceptors (Lipinski definition) is 1.